The van der Waals surface area contributed by atoms with Crippen LogP contribution in [0.1, 0.15) is 28.0 Å². The summed E-state index contributed by atoms with van der Waals surface area (Å²) in [5, 5.41) is 5.59. The molecule has 0 bridgehead atoms. The molecule has 1 aliphatic rings. The molecule has 1 unspecified atom stereocenters. The highest BCUT2D eigenvalue weighted by molar-refractivity contribution is 7.13. The van der Waals surface area contributed by atoms with Gasteiger partial charge in [0.15, 0.2) is 0 Å². The number of carbonyl (C=O) groups excluding carboxylic acids is 1. The summed E-state index contributed by atoms with van der Waals surface area (Å²) >= 11 is 1.41. The molecule has 0 saturated carbocycles. The molecule has 0 spiro atoms. The first-order valence-corrected chi connectivity index (χ1v) is 8.77. The number of hydrogen-bond acceptors (Lipinski definition) is 5. The highest BCUT2D eigenvalue weighted by Crippen LogP contribution is 2.23. The Bertz CT molecular complexity index is 862. The maximum atomic E-state index is 12.5. The van der Waals surface area contributed by atoms with E-state index in [1.54, 1.807) is 24.0 Å². The fourth-order valence-electron chi connectivity index (χ4n) is 2.99. The zero-order valence-electron chi connectivity index (χ0n) is 13.0. The van der Waals surface area contributed by atoms with Crippen molar-refractivity contribution in [1.82, 2.24) is 20.3 Å². The molecule has 1 aliphatic carbocycles. The number of hydrogen-bond donors (Lipinski definition) is 1. The topological polar surface area (TPSA) is 67.8 Å². The van der Waals surface area contributed by atoms with E-state index in [0.29, 0.717) is 16.4 Å². The minimum absolute atomic E-state index is 0.120. The van der Waals surface area contributed by atoms with Crippen molar-refractivity contribution in [3.63, 3.8) is 0 Å². The summed E-state index contributed by atoms with van der Waals surface area (Å²) in [5.74, 6) is -0.120. The van der Waals surface area contributed by atoms with Crippen LogP contribution in [0, 0.1) is 0 Å². The number of aromatic nitrogens is 3. The summed E-state index contributed by atoms with van der Waals surface area (Å²) in [5.41, 5.74) is 3.85. The summed E-state index contributed by atoms with van der Waals surface area (Å²) in [7, 11) is 0. The summed E-state index contributed by atoms with van der Waals surface area (Å²) < 4.78 is 0. The van der Waals surface area contributed by atoms with Crippen LogP contribution >= 0.6 is 11.3 Å². The molecule has 2 heterocycles. The SMILES string of the molecule is O=C(NC1CCc2ccccc2C1)c1csc(-c2cnccn2)n1. The largest absolute Gasteiger partial charge is 0.348 e. The van der Waals surface area contributed by atoms with Crippen molar-refractivity contribution in [2.45, 2.75) is 25.3 Å². The molecule has 1 aromatic carbocycles. The minimum Gasteiger partial charge on any atom is -0.348 e. The molecule has 2 aromatic heterocycles. The van der Waals surface area contributed by atoms with E-state index in [4.69, 9.17) is 0 Å². The number of fused-ring (bicyclic) bond motifs is 1. The number of rotatable bonds is 3. The lowest BCUT2D eigenvalue weighted by molar-refractivity contribution is 0.0929. The van der Waals surface area contributed by atoms with E-state index in [9.17, 15) is 4.79 Å². The van der Waals surface area contributed by atoms with Crippen LogP contribution in [0.25, 0.3) is 10.7 Å². The van der Waals surface area contributed by atoms with E-state index < -0.39 is 0 Å². The Morgan fingerprint density at radius 2 is 2.08 bits per heavy atom. The standard InChI is InChI=1S/C18H16N4OS/c23-17(16-11-24-18(22-16)15-10-19-7-8-20-15)21-14-6-5-12-3-1-2-4-13(12)9-14/h1-4,7-8,10-11,14H,5-6,9H2,(H,21,23). The number of thiazole rings is 1. The van der Waals surface area contributed by atoms with Crippen LogP contribution in [0.5, 0.6) is 0 Å². The van der Waals surface area contributed by atoms with Crippen LogP contribution in [0.4, 0.5) is 0 Å². The fraction of sp³-hybridized carbons (Fsp3) is 0.222. The second-order valence-corrected chi connectivity index (χ2v) is 6.67. The number of nitrogens with one attached hydrogen (secondary N) is 1. The maximum absolute atomic E-state index is 12.5. The number of amides is 1. The van der Waals surface area contributed by atoms with Crippen LogP contribution in [0.3, 0.4) is 0 Å². The number of aryl methyl sites for hydroxylation is 1. The lowest BCUT2D eigenvalue weighted by atomic mass is 9.88. The zero-order chi connectivity index (χ0) is 16.4. The van der Waals surface area contributed by atoms with Gasteiger partial charge < -0.3 is 5.32 Å². The third-order valence-corrected chi connectivity index (χ3v) is 5.07. The molecular weight excluding hydrogens is 320 g/mol. The first-order valence-electron chi connectivity index (χ1n) is 7.89. The van der Waals surface area contributed by atoms with Crippen LogP contribution in [-0.2, 0) is 12.8 Å². The molecule has 3 aromatic rings. The van der Waals surface area contributed by atoms with Gasteiger partial charge in [-0.15, -0.1) is 11.3 Å². The van der Waals surface area contributed by atoms with Gasteiger partial charge in [-0.1, -0.05) is 24.3 Å². The molecule has 4 rings (SSSR count). The summed E-state index contributed by atoms with van der Waals surface area (Å²) in [6.45, 7) is 0. The number of nitrogens with zero attached hydrogens (tertiary/aromatic N) is 3. The molecule has 0 fully saturated rings. The van der Waals surface area contributed by atoms with Crippen molar-refractivity contribution in [1.29, 1.82) is 0 Å². The molecule has 1 N–H and O–H groups in total. The quantitative estimate of drug-likeness (QED) is 0.798. The Labute approximate surface area is 143 Å². The smallest absolute Gasteiger partial charge is 0.271 e. The fourth-order valence-corrected chi connectivity index (χ4v) is 3.75. The normalized spacial score (nSPS) is 16.4. The molecular formula is C18H16N4OS. The number of benzene rings is 1. The molecule has 0 aliphatic heterocycles. The molecule has 1 atom stereocenters. The monoisotopic (exact) mass is 336 g/mol. The van der Waals surface area contributed by atoms with Gasteiger partial charge in [0.2, 0.25) is 0 Å². The van der Waals surface area contributed by atoms with E-state index in [0.717, 1.165) is 19.3 Å². The minimum atomic E-state index is -0.120. The van der Waals surface area contributed by atoms with Crippen LogP contribution in [0.15, 0.2) is 48.2 Å². The second kappa shape index (κ2) is 6.49. The van der Waals surface area contributed by atoms with E-state index in [1.807, 2.05) is 0 Å². The first-order chi connectivity index (χ1) is 11.8. The van der Waals surface area contributed by atoms with Crippen molar-refractivity contribution in [2.24, 2.45) is 0 Å². The molecule has 6 heteroatoms. The zero-order valence-corrected chi connectivity index (χ0v) is 13.8. The Morgan fingerprint density at radius 3 is 2.92 bits per heavy atom. The van der Waals surface area contributed by atoms with Gasteiger partial charge in [-0.3, -0.25) is 14.8 Å². The summed E-state index contributed by atoms with van der Waals surface area (Å²) in [4.78, 5) is 25.1. The highest BCUT2D eigenvalue weighted by atomic mass is 32.1. The van der Waals surface area contributed by atoms with E-state index >= 15 is 0 Å². The van der Waals surface area contributed by atoms with E-state index in [2.05, 4.69) is 44.5 Å². The Morgan fingerprint density at radius 1 is 1.21 bits per heavy atom. The molecule has 24 heavy (non-hydrogen) atoms. The molecule has 5 nitrogen and oxygen atoms in total. The molecule has 0 saturated heterocycles. The van der Waals surface area contributed by atoms with Gasteiger partial charge in [0.25, 0.3) is 5.91 Å². The Hall–Kier alpha value is -2.60. The van der Waals surface area contributed by atoms with Crippen LogP contribution in [-0.4, -0.2) is 26.9 Å². The average molecular weight is 336 g/mol. The van der Waals surface area contributed by atoms with Crippen LogP contribution in [0.2, 0.25) is 0 Å². The Balaban J connectivity index is 1.45. The van der Waals surface area contributed by atoms with Gasteiger partial charge in [0, 0.05) is 23.8 Å². The predicted octanol–water partition coefficient (Wildman–Crippen LogP) is 2.89. The Kier molecular flexibility index (Phi) is 4.04. The van der Waals surface area contributed by atoms with Crippen molar-refractivity contribution in [3.8, 4) is 10.7 Å². The molecule has 0 radical (unpaired) electrons. The first kappa shape index (κ1) is 15.0. The van der Waals surface area contributed by atoms with Crippen LogP contribution < -0.4 is 5.32 Å². The third-order valence-electron chi connectivity index (χ3n) is 4.20. The maximum Gasteiger partial charge on any atom is 0.271 e. The number of carbonyl (C=O) groups is 1. The van der Waals surface area contributed by atoms with Crippen molar-refractivity contribution < 1.29 is 4.79 Å². The molecule has 1 amide bonds. The summed E-state index contributed by atoms with van der Waals surface area (Å²) in [6.07, 6.45) is 7.73. The van der Waals surface area contributed by atoms with E-state index in [-0.39, 0.29) is 11.9 Å². The highest BCUT2D eigenvalue weighted by Gasteiger charge is 2.21. The van der Waals surface area contributed by atoms with Gasteiger partial charge in [-0.2, -0.15) is 0 Å². The summed E-state index contributed by atoms with van der Waals surface area (Å²) in [6, 6.07) is 8.59. The third kappa shape index (κ3) is 3.05. The van der Waals surface area contributed by atoms with Crippen molar-refractivity contribution in [3.05, 3.63) is 65.1 Å². The van der Waals surface area contributed by atoms with E-state index in [1.165, 1.54) is 22.5 Å². The van der Waals surface area contributed by atoms with Crippen molar-refractivity contribution in [2.75, 3.05) is 0 Å². The average Bonchev–Trinajstić information content (AvgIpc) is 3.13. The lowest BCUT2D eigenvalue weighted by Crippen LogP contribution is -2.39. The molecule has 120 valence electrons. The van der Waals surface area contributed by atoms with Gasteiger partial charge in [-0.05, 0) is 30.4 Å². The predicted molar refractivity (Wildman–Crippen MR) is 92.9 cm³/mol. The van der Waals surface area contributed by atoms with Gasteiger partial charge in [-0.25, -0.2) is 4.98 Å². The van der Waals surface area contributed by atoms with Gasteiger partial charge in [0.1, 0.15) is 16.4 Å². The van der Waals surface area contributed by atoms with Crippen molar-refractivity contribution >= 4 is 17.2 Å². The van der Waals surface area contributed by atoms with Gasteiger partial charge >= 0.3 is 0 Å². The van der Waals surface area contributed by atoms with Gasteiger partial charge in [0.05, 0.1) is 6.20 Å². The lowest BCUT2D eigenvalue weighted by Gasteiger charge is -2.25. The second-order valence-electron chi connectivity index (χ2n) is 5.81.